The van der Waals surface area contributed by atoms with E-state index in [4.69, 9.17) is 23.2 Å². The standard InChI is InChI=1S/C14H10BrCl2NO/c15-10-4-9(7-18-8-10)5-11(19)6-12-13(16)2-1-3-14(12)17/h1-4,7-8H,5-6H2. The van der Waals surface area contributed by atoms with E-state index in [2.05, 4.69) is 20.9 Å². The average Bonchev–Trinajstić information content (AvgIpc) is 2.34. The van der Waals surface area contributed by atoms with Crippen LogP contribution in [0.25, 0.3) is 0 Å². The van der Waals surface area contributed by atoms with Gasteiger partial charge in [0, 0.05) is 39.8 Å². The third-order valence-electron chi connectivity index (χ3n) is 2.60. The molecule has 1 aromatic carbocycles. The smallest absolute Gasteiger partial charge is 0.141 e. The number of aromatic nitrogens is 1. The molecule has 1 heterocycles. The molecule has 0 unspecified atom stereocenters. The van der Waals surface area contributed by atoms with E-state index in [9.17, 15) is 4.79 Å². The van der Waals surface area contributed by atoms with E-state index in [1.807, 2.05) is 6.07 Å². The fourth-order valence-corrected chi connectivity index (χ4v) is 2.68. The first-order chi connectivity index (χ1) is 9.06. The first-order valence-corrected chi connectivity index (χ1v) is 7.15. The van der Waals surface area contributed by atoms with Crippen LogP contribution < -0.4 is 0 Å². The summed E-state index contributed by atoms with van der Waals surface area (Å²) in [6.45, 7) is 0. The Bertz CT molecular complexity index is 596. The monoisotopic (exact) mass is 357 g/mol. The Morgan fingerprint density at radius 3 is 2.47 bits per heavy atom. The minimum atomic E-state index is 0.0508. The zero-order valence-corrected chi connectivity index (χ0v) is 13.0. The first-order valence-electron chi connectivity index (χ1n) is 5.60. The van der Waals surface area contributed by atoms with Crippen LogP contribution in [0.3, 0.4) is 0 Å². The van der Waals surface area contributed by atoms with E-state index < -0.39 is 0 Å². The van der Waals surface area contributed by atoms with E-state index >= 15 is 0 Å². The van der Waals surface area contributed by atoms with Crippen molar-refractivity contribution in [2.75, 3.05) is 0 Å². The molecular weight excluding hydrogens is 349 g/mol. The molecule has 2 nitrogen and oxygen atoms in total. The molecule has 0 atom stereocenters. The van der Waals surface area contributed by atoms with Crippen LogP contribution in [0.15, 0.2) is 41.1 Å². The van der Waals surface area contributed by atoms with E-state index in [0.717, 1.165) is 10.0 Å². The molecule has 0 fully saturated rings. The Labute approximate surface area is 129 Å². The summed E-state index contributed by atoms with van der Waals surface area (Å²) < 4.78 is 0.855. The predicted octanol–water partition coefficient (Wildman–Crippen LogP) is 4.51. The van der Waals surface area contributed by atoms with E-state index in [1.54, 1.807) is 30.6 Å². The van der Waals surface area contributed by atoms with Gasteiger partial charge in [0.1, 0.15) is 5.78 Å². The maximum atomic E-state index is 12.0. The fourth-order valence-electron chi connectivity index (χ4n) is 1.74. The van der Waals surface area contributed by atoms with Gasteiger partial charge in [0.05, 0.1) is 0 Å². The Kier molecular flexibility index (Phi) is 4.97. The van der Waals surface area contributed by atoms with Crippen LogP contribution in [-0.2, 0) is 17.6 Å². The minimum Gasteiger partial charge on any atom is -0.299 e. The summed E-state index contributed by atoms with van der Waals surface area (Å²) in [4.78, 5) is 16.1. The molecule has 98 valence electrons. The highest BCUT2D eigenvalue weighted by Crippen LogP contribution is 2.25. The van der Waals surface area contributed by atoms with Gasteiger partial charge in [-0.3, -0.25) is 9.78 Å². The number of hydrogen-bond acceptors (Lipinski definition) is 2. The number of ketones is 1. The number of halogens is 3. The number of hydrogen-bond donors (Lipinski definition) is 0. The molecule has 0 saturated heterocycles. The number of Topliss-reactive ketones (excluding diaryl/α,β-unsaturated/α-hetero) is 1. The zero-order valence-electron chi connectivity index (χ0n) is 9.87. The summed E-state index contributed by atoms with van der Waals surface area (Å²) in [5, 5.41) is 1.04. The summed E-state index contributed by atoms with van der Waals surface area (Å²) in [5.41, 5.74) is 1.54. The van der Waals surface area contributed by atoms with Crippen molar-refractivity contribution in [1.29, 1.82) is 0 Å². The summed E-state index contributed by atoms with van der Waals surface area (Å²) in [7, 11) is 0. The van der Waals surface area contributed by atoms with Gasteiger partial charge in [0.25, 0.3) is 0 Å². The van der Waals surface area contributed by atoms with Gasteiger partial charge in [-0.05, 0) is 45.3 Å². The minimum absolute atomic E-state index is 0.0508. The molecule has 0 aliphatic carbocycles. The van der Waals surface area contributed by atoms with Gasteiger partial charge >= 0.3 is 0 Å². The largest absolute Gasteiger partial charge is 0.299 e. The molecule has 0 spiro atoms. The van der Waals surface area contributed by atoms with Crippen LogP contribution in [0.1, 0.15) is 11.1 Å². The molecule has 0 aliphatic rings. The highest BCUT2D eigenvalue weighted by Gasteiger charge is 2.11. The number of carbonyl (C=O) groups is 1. The molecular formula is C14H10BrCl2NO. The first kappa shape index (κ1) is 14.5. The Hall–Kier alpha value is -0.900. The van der Waals surface area contributed by atoms with Gasteiger partial charge < -0.3 is 0 Å². The SMILES string of the molecule is O=C(Cc1cncc(Br)c1)Cc1c(Cl)cccc1Cl. The summed E-state index contributed by atoms with van der Waals surface area (Å²) >= 11 is 15.4. The molecule has 2 rings (SSSR count). The lowest BCUT2D eigenvalue weighted by atomic mass is 10.0. The van der Waals surface area contributed by atoms with Gasteiger partial charge in [0.2, 0.25) is 0 Å². The molecule has 0 aliphatic heterocycles. The van der Waals surface area contributed by atoms with Crippen molar-refractivity contribution in [3.8, 4) is 0 Å². The molecule has 0 N–H and O–H groups in total. The van der Waals surface area contributed by atoms with E-state index in [0.29, 0.717) is 22.0 Å². The molecule has 0 radical (unpaired) electrons. The van der Waals surface area contributed by atoms with Crippen LogP contribution in [-0.4, -0.2) is 10.8 Å². The van der Waals surface area contributed by atoms with Gasteiger partial charge in [-0.2, -0.15) is 0 Å². The molecule has 1 aromatic heterocycles. The maximum Gasteiger partial charge on any atom is 0.141 e. The molecule has 5 heteroatoms. The molecule has 2 aromatic rings. The van der Waals surface area contributed by atoms with Gasteiger partial charge in [-0.25, -0.2) is 0 Å². The second-order valence-corrected chi connectivity index (χ2v) is 5.83. The van der Waals surface area contributed by atoms with Crippen LogP contribution in [0, 0.1) is 0 Å². The number of nitrogens with zero attached hydrogens (tertiary/aromatic N) is 1. The lowest BCUT2D eigenvalue weighted by Gasteiger charge is -2.06. The summed E-state index contributed by atoms with van der Waals surface area (Å²) in [6, 6.07) is 7.10. The van der Waals surface area contributed by atoms with Crippen molar-refractivity contribution in [3.63, 3.8) is 0 Å². The van der Waals surface area contributed by atoms with Crippen molar-refractivity contribution < 1.29 is 4.79 Å². The van der Waals surface area contributed by atoms with Crippen molar-refractivity contribution in [1.82, 2.24) is 4.98 Å². The van der Waals surface area contributed by atoms with Gasteiger partial charge in [0.15, 0.2) is 0 Å². The Morgan fingerprint density at radius 1 is 1.16 bits per heavy atom. The third-order valence-corrected chi connectivity index (χ3v) is 3.74. The zero-order chi connectivity index (χ0) is 13.8. The second kappa shape index (κ2) is 6.51. The normalized spacial score (nSPS) is 10.5. The van der Waals surface area contributed by atoms with Crippen LogP contribution in [0.5, 0.6) is 0 Å². The quantitative estimate of drug-likeness (QED) is 0.805. The Balaban J connectivity index is 2.10. The number of benzene rings is 1. The van der Waals surface area contributed by atoms with E-state index in [-0.39, 0.29) is 12.2 Å². The highest BCUT2D eigenvalue weighted by atomic mass is 79.9. The topological polar surface area (TPSA) is 30.0 Å². The molecule has 19 heavy (non-hydrogen) atoms. The van der Waals surface area contributed by atoms with Crippen LogP contribution in [0.4, 0.5) is 0 Å². The van der Waals surface area contributed by atoms with Crippen molar-refractivity contribution in [2.24, 2.45) is 0 Å². The second-order valence-electron chi connectivity index (χ2n) is 4.10. The lowest BCUT2D eigenvalue weighted by molar-refractivity contribution is -0.117. The third kappa shape index (κ3) is 4.03. The maximum absolute atomic E-state index is 12.0. The van der Waals surface area contributed by atoms with Crippen molar-refractivity contribution in [3.05, 3.63) is 62.3 Å². The Morgan fingerprint density at radius 2 is 1.84 bits per heavy atom. The van der Waals surface area contributed by atoms with Crippen molar-refractivity contribution in [2.45, 2.75) is 12.8 Å². The number of carbonyl (C=O) groups excluding carboxylic acids is 1. The van der Waals surface area contributed by atoms with Gasteiger partial charge in [-0.15, -0.1) is 0 Å². The predicted molar refractivity (Wildman–Crippen MR) is 80.8 cm³/mol. The van der Waals surface area contributed by atoms with Gasteiger partial charge in [-0.1, -0.05) is 29.3 Å². The van der Waals surface area contributed by atoms with Crippen molar-refractivity contribution >= 4 is 44.9 Å². The average molecular weight is 359 g/mol. The fraction of sp³-hybridized carbons (Fsp3) is 0.143. The molecule has 0 amide bonds. The van der Waals surface area contributed by atoms with Crippen LogP contribution in [0.2, 0.25) is 10.0 Å². The van der Waals surface area contributed by atoms with Crippen LogP contribution >= 0.6 is 39.1 Å². The molecule has 0 saturated carbocycles. The lowest BCUT2D eigenvalue weighted by Crippen LogP contribution is -2.07. The number of pyridine rings is 1. The number of rotatable bonds is 4. The summed E-state index contributed by atoms with van der Waals surface area (Å²) in [6.07, 6.45) is 3.90. The van der Waals surface area contributed by atoms with E-state index in [1.165, 1.54) is 0 Å². The summed E-state index contributed by atoms with van der Waals surface area (Å²) in [5.74, 6) is 0.0508. The molecule has 0 bridgehead atoms. The highest BCUT2D eigenvalue weighted by molar-refractivity contribution is 9.10.